The van der Waals surface area contributed by atoms with Gasteiger partial charge in [-0.15, -0.1) is 0 Å². The monoisotopic (exact) mass is 315 g/mol. The zero-order chi connectivity index (χ0) is 16.4. The Morgan fingerprint density at radius 1 is 1.26 bits per heavy atom. The lowest BCUT2D eigenvalue weighted by Crippen LogP contribution is -2.61. The first-order valence-electron chi connectivity index (χ1n) is 8.48. The number of nitrogens with zero attached hydrogens (tertiary/aromatic N) is 1. The van der Waals surface area contributed by atoms with Crippen LogP contribution in [0.1, 0.15) is 31.7 Å². The fraction of sp³-hybridized carbons (Fsp3) is 0.579. The third kappa shape index (κ3) is 2.59. The van der Waals surface area contributed by atoms with Crippen molar-refractivity contribution in [2.45, 2.75) is 31.6 Å². The normalized spacial score (nSPS) is 31.1. The molecule has 0 radical (unpaired) electrons. The molecule has 1 heterocycles. The van der Waals surface area contributed by atoms with Gasteiger partial charge in [-0.3, -0.25) is 9.59 Å². The number of hydrogen-bond donors (Lipinski definition) is 0. The first-order valence-corrected chi connectivity index (χ1v) is 8.48. The molecule has 3 rings (SSSR count). The smallest absolute Gasteiger partial charge is 0.233 e. The Labute approximate surface area is 137 Å². The molecule has 124 valence electrons. The van der Waals surface area contributed by atoms with Gasteiger partial charge in [0.1, 0.15) is 5.78 Å². The lowest BCUT2D eigenvalue weighted by molar-refractivity contribution is -0.152. The molecular weight excluding hydrogens is 290 g/mol. The second kappa shape index (κ2) is 6.44. The SMILES string of the molecule is COCCN1CC[C@H]2[C@H](C)C(=O)CCC2(c2ccccc2)C1=O. The number of Topliss-reactive ketones (excluding diaryl/α,β-unsaturated/α-hetero) is 1. The number of carbonyl (C=O) groups is 2. The Balaban J connectivity index is 2.02. The van der Waals surface area contributed by atoms with Gasteiger partial charge in [0.25, 0.3) is 0 Å². The molecule has 1 saturated heterocycles. The Morgan fingerprint density at radius 3 is 2.70 bits per heavy atom. The maximum atomic E-state index is 13.4. The van der Waals surface area contributed by atoms with Crippen molar-refractivity contribution in [1.29, 1.82) is 0 Å². The molecule has 0 bridgehead atoms. The van der Waals surface area contributed by atoms with Crippen LogP contribution in [-0.4, -0.2) is 43.4 Å². The van der Waals surface area contributed by atoms with Crippen LogP contribution in [0.2, 0.25) is 0 Å². The van der Waals surface area contributed by atoms with Gasteiger partial charge in [-0.2, -0.15) is 0 Å². The molecule has 2 fully saturated rings. The van der Waals surface area contributed by atoms with Crippen molar-refractivity contribution in [3.63, 3.8) is 0 Å². The average molecular weight is 315 g/mol. The second-order valence-electron chi connectivity index (χ2n) is 6.77. The molecule has 1 aliphatic carbocycles. The Kier molecular flexibility index (Phi) is 4.53. The molecule has 0 aromatic heterocycles. The van der Waals surface area contributed by atoms with Gasteiger partial charge in [-0.25, -0.2) is 0 Å². The minimum absolute atomic E-state index is 0.0440. The van der Waals surface area contributed by atoms with E-state index in [9.17, 15) is 9.59 Å². The number of ketones is 1. The van der Waals surface area contributed by atoms with Gasteiger partial charge >= 0.3 is 0 Å². The minimum atomic E-state index is -0.541. The number of methoxy groups -OCH3 is 1. The van der Waals surface area contributed by atoms with Gasteiger partial charge in [0, 0.05) is 32.5 Å². The first kappa shape index (κ1) is 16.2. The van der Waals surface area contributed by atoms with Gasteiger partial charge in [0.2, 0.25) is 5.91 Å². The van der Waals surface area contributed by atoms with Crippen molar-refractivity contribution < 1.29 is 14.3 Å². The first-order chi connectivity index (χ1) is 11.1. The maximum Gasteiger partial charge on any atom is 0.233 e. The van der Waals surface area contributed by atoms with E-state index >= 15 is 0 Å². The minimum Gasteiger partial charge on any atom is -0.383 e. The molecule has 2 aliphatic rings. The fourth-order valence-electron chi connectivity index (χ4n) is 4.46. The van der Waals surface area contributed by atoms with E-state index < -0.39 is 5.41 Å². The molecule has 1 amide bonds. The number of likely N-dealkylation sites (tertiary alicyclic amines) is 1. The van der Waals surface area contributed by atoms with E-state index in [4.69, 9.17) is 4.74 Å². The van der Waals surface area contributed by atoms with Crippen molar-refractivity contribution in [3.8, 4) is 0 Å². The van der Waals surface area contributed by atoms with Crippen LogP contribution in [0.25, 0.3) is 0 Å². The summed E-state index contributed by atoms with van der Waals surface area (Å²) in [5, 5.41) is 0. The maximum absolute atomic E-state index is 13.4. The molecule has 23 heavy (non-hydrogen) atoms. The second-order valence-corrected chi connectivity index (χ2v) is 6.77. The van der Waals surface area contributed by atoms with E-state index in [1.807, 2.05) is 42.2 Å². The van der Waals surface area contributed by atoms with Crippen LogP contribution in [0, 0.1) is 11.8 Å². The highest BCUT2D eigenvalue weighted by atomic mass is 16.5. The summed E-state index contributed by atoms with van der Waals surface area (Å²) in [4.78, 5) is 27.6. The van der Waals surface area contributed by atoms with E-state index in [2.05, 4.69) is 0 Å². The standard InChI is InChI=1S/C19H25NO3/c1-14-16-9-11-20(12-13-23-2)18(22)19(16,10-8-17(14)21)15-6-4-3-5-7-15/h3-7,14,16H,8-13H2,1-2H3/t14-,16-,19?/m0/s1. The van der Waals surface area contributed by atoms with E-state index in [-0.39, 0.29) is 17.7 Å². The van der Waals surface area contributed by atoms with E-state index in [0.717, 1.165) is 18.5 Å². The summed E-state index contributed by atoms with van der Waals surface area (Å²) >= 11 is 0. The number of amides is 1. The average Bonchev–Trinajstić information content (AvgIpc) is 2.59. The van der Waals surface area contributed by atoms with Crippen LogP contribution >= 0.6 is 0 Å². The summed E-state index contributed by atoms with van der Waals surface area (Å²) in [6, 6.07) is 10.1. The van der Waals surface area contributed by atoms with Crippen molar-refractivity contribution in [2.24, 2.45) is 11.8 Å². The molecule has 0 N–H and O–H groups in total. The van der Waals surface area contributed by atoms with E-state index in [1.165, 1.54) is 0 Å². The third-order valence-corrected chi connectivity index (χ3v) is 5.74. The highest BCUT2D eigenvalue weighted by Gasteiger charge is 2.56. The van der Waals surface area contributed by atoms with Crippen LogP contribution in [0.5, 0.6) is 0 Å². The van der Waals surface area contributed by atoms with Crippen molar-refractivity contribution in [3.05, 3.63) is 35.9 Å². The van der Waals surface area contributed by atoms with Crippen LogP contribution in [0.15, 0.2) is 30.3 Å². The summed E-state index contributed by atoms with van der Waals surface area (Å²) in [6.07, 6.45) is 2.01. The predicted octanol–water partition coefficient (Wildman–Crippen LogP) is 2.42. The molecule has 1 saturated carbocycles. The number of hydrogen-bond acceptors (Lipinski definition) is 3. The largest absolute Gasteiger partial charge is 0.383 e. The Bertz CT molecular complexity index is 586. The number of piperidine rings is 1. The summed E-state index contributed by atoms with van der Waals surface area (Å²) in [7, 11) is 1.66. The Hall–Kier alpha value is -1.68. The lowest BCUT2D eigenvalue weighted by Gasteiger charge is -2.51. The summed E-state index contributed by atoms with van der Waals surface area (Å²) in [5.74, 6) is 0.547. The number of fused-ring (bicyclic) bond motifs is 1. The van der Waals surface area contributed by atoms with Gasteiger partial charge < -0.3 is 9.64 Å². The summed E-state index contributed by atoms with van der Waals surface area (Å²) < 4.78 is 5.16. The molecule has 4 nitrogen and oxygen atoms in total. The summed E-state index contributed by atoms with van der Waals surface area (Å²) in [5.41, 5.74) is 0.525. The van der Waals surface area contributed by atoms with Crippen molar-refractivity contribution in [1.82, 2.24) is 4.90 Å². The molecule has 1 unspecified atom stereocenters. The van der Waals surface area contributed by atoms with Crippen LogP contribution in [0.3, 0.4) is 0 Å². The zero-order valence-electron chi connectivity index (χ0n) is 14.0. The van der Waals surface area contributed by atoms with Gasteiger partial charge in [0.15, 0.2) is 0 Å². The molecule has 0 spiro atoms. The van der Waals surface area contributed by atoms with Gasteiger partial charge in [0.05, 0.1) is 12.0 Å². The molecular formula is C19H25NO3. The van der Waals surface area contributed by atoms with Crippen molar-refractivity contribution in [2.75, 3.05) is 26.8 Å². The molecule has 1 aromatic carbocycles. The van der Waals surface area contributed by atoms with E-state index in [1.54, 1.807) is 7.11 Å². The van der Waals surface area contributed by atoms with Crippen molar-refractivity contribution >= 4 is 11.7 Å². The zero-order valence-corrected chi connectivity index (χ0v) is 14.0. The predicted molar refractivity (Wildman–Crippen MR) is 88.1 cm³/mol. The third-order valence-electron chi connectivity index (χ3n) is 5.74. The quantitative estimate of drug-likeness (QED) is 0.857. The number of benzene rings is 1. The van der Waals surface area contributed by atoms with Crippen LogP contribution in [-0.2, 0) is 19.7 Å². The topological polar surface area (TPSA) is 46.6 Å². The number of carbonyl (C=O) groups excluding carboxylic acids is 2. The number of ether oxygens (including phenoxy) is 1. The molecule has 1 aromatic rings. The Morgan fingerprint density at radius 2 is 2.00 bits per heavy atom. The highest BCUT2D eigenvalue weighted by molar-refractivity contribution is 5.94. The van der Waals surface area contributed by atoms with Gasteiger partial charge in [-0.1, -0.05) is 37.3 Å². The van der Waals surface area contributed by atoms with Crippen LogP contribution < -0.4 is 0 Å². The molecule has 1 aliphatic heterocycles. The molecule has 3 atom stereocenters. The summed E-state index contributed by atoms with van der Waals surface area (Å²) in [6.45, 7) is 3.90. The lowest BCUT2D eigenvalue weighted by atomic mass is 9.55. The number of rotatable bonds is 4. The molecule has 4 heteroatoms. The van der Waals surface area contributed by atoms with E-state index in [0.29, 0.717) is 31.8 Å². The van der Waals surface area contributed by atoms with Crippen LogP contribution in [0.4, 0.5) is 0 Å². The van der Waals surface area contributed by atoms with Gasteiger partial charge in [-0.05, 0) is 24.3 Å². The fourth-order valence-corrected chi connectivity index (χ4v) is 4.46. The highest BCUT2D eigenvalue weighted by Crippen LogP contribution is 2.50.